The van der Waals surface area contributed by atoms with Crippen molar-refractivity contribution in [3.05, 3.63) is 0 Å². The van der Waals surface area contributed by atoms with Gasteiger partial charge in [0.15, 0.2) is 0 Å². The van der Waals surface area contributed by atoms with Gasteiger partial charge in [-0.2, -0.15) is 0 Å². The Morgan fingerprint density at radius 3 is 1.68 bits per heavy atom. The molecule has 0 aromatic rings. The predicted molar refractivity (Wildman–Crippen MR) is 113 cm³/mol. The van der Waals surface area contributed by atoms with E-state index < -0.39 is 66.2 Å². The lowest BCUT2D eigenvalue weighted by molar-refractivity contribution is -0.144. The van der Waals surface area contributed by atoms with E-state index in [2.05, 4.69) is 16.0 Å². The van der Waals surface area contributed by atoms with Gasteiger partial charge in [0.2, 0.25) is 17.7 Å². The van der Waals surface area contributed by atoms with Crippen molar-refractivity contribution in [3.63, 3.8) is 0 Å². The number of nitrogens with one attached hydrogen (secondary N) is 3. The molecule has 11 heteroatoms. The summed E-state index contributed by atoms with van der Waals surface area (Å²) in [7, 11) is 0. The molecule has 178 valence electrons. The molecule has 0 saturated carbocycles. The van der Waals surface area contributed by atoms with Gasteiger partial charge in [0.05, 0.1) is 12.5 Å². The van der Waals surface area contributed by atoms with Gasteiger partial charge >= 0.3 is 11.9 Å². The van der Waals surface area contributed by atoms with Gasteiger partial charge in [0, 0.05) is 0 Å². The van der Waals surface area contributed by atoms with E-state index in [0.717, 1.165) is 0 Å². The number of nitrogens with two attached hydrogens (primary N) is 1. The fraction of sp³-hybridized carbons (Fsp3) is 0.750. The van der Waals surface area contributed by atoms with Gasteiger partial charge in [-0.3, -0.25) is 19.2 Å². The molecule has 0 spiro atoms. The Bertz CT molecular complexity index is 666. The van der Waals surface area contributed by atoms with E-state index in [0.29, 0.717) is 6.42 Å². The van der Waals surface area contributed by atoms with E-state index in [-0.39, 0.29) is 11.8 Å². The van der Waals surface area contributed by atoms with Crippen LogP contribution < -0.4 is 21.7 Å². The molecule has 0 rings (SSSR count). The molecule has 0 saturated heterocycles. The zero-order chi connectivity index (χ0) is 24.5. The van der Waals surface area contributed by atoms with Crippen LogP contribution in [0.25, 0.3) is 0 Å². The summed E-state index contributed by atoms with van der Waals surface area (Å²) in [6.07, 6.45) is -0.292. The van der Waals surface area contributed by atoms with E-state index in [9.17, 15) is 29.1 Å². The Labute approximate surface area is 182 Å². The first kappa shape index (κ1) is 28.3. The average molecular weight is 445 g/mol. The van der Waals surface area contributed by atoms with Gasteiger partial charge in [-0.05, 0) is 17.8 Å². The fourth-order valence-electron chi connectivity index (χ4n) is 2.67. The largest absolute Gasteiger partial charge is 0.481 e. The Balaban J connectivity index is 5.52. The minimum atomic E-state index is -1.52. The van der Waals surface area contributed by atoms with Gasteiger partial charge in [0.1, 0.15) is 18.1 Å². The van der Waals surface area contributed by atoms with E-state index in [4.69, 9.17) is 10.8 Å². The number of rotatable bonds is 13. The highest BCUT2D eigenvalue weighted by molar-refractivity contribution is 5.95. The zero-order valence-corrected chi connectivity index (χ0v) is 19.0. The molecule has 3 amide bonds. The maximum atomic E-state index is 12.8. The molecule has 0 heterocycles. The summed E-state index contributed by atoms with van der Waals surface area (Å²) in [5.41, 5.74) is 5.81. The van der Waals surface area contributed by atoms with Crippen LogP contribution in [0.1, 0.15) is 54.4 Å². The molecule has 0 aliphatic heterocycles. The van der Waals surface area contributed by atoms with Crippen LogP contribution in [0.3, 0.4) is 0 Å². The van der Waals surface area contributed by atoms with E-state index in [1.165, 1.54) is 0 Å². The van der Waals surface area contributed by atoms with Crippen LogP contribution in [0.15, 0.2) is 0 Å². The molecule has 0 aromatic heterocycles. The van der Waals surface area contributed by atoms with E-state index in [1.54, 1.807) is 41.5 Å². The van der Waals surface area contributed by atoms with Crippen LogP contribution in [0.5, 0.6) is 0 Å². The fourth-order valence-corrected chi connectivity index (χ4v) is 2.67. The van der Waals surface area contributed by atoms with Crippen LogP contribution in [-0.4, -0.2) is 64.0 Å². The van der Waals surface area contributed by atoms with Gasteiger partial charge in [0.25, 0.3) is 0 Å². The second-order valence-electron chi connectivity index (χ2n) is 8.37. The lowest BCUT2D eigenvalue weighted by Crippen LogP contribution is -2.59. The molecule has 0 bridgehead atoms. The number of carbonyl (C=O) groups excluding carboxylic acids is 3. The average Bonchev–Trinajstić information content (AvgIpc) is 2.66. The third kappa shape index (κ3) is 9.33. The molecular formula is C20H36N4O7. The summed E-state index contributed by atoms with van der Waals surface area (Å²) >= 11 is 0. The maximum Gasteiger partial charge on any atom is 0.326 e. The van der Waals surface area contributed by atoms with Crippen molar-refractivity contribution in [1.82, 2.24) is 16.0 Å². The highest BCUT2D eigenvalue weighted by Crippen LogP contribution is 2.10. The van der Waals surface area contributed by atoms with E-state index in [1.807, 2.05) is 0 Å². The van der Waals surface area contributed by atoms with Crippen LogP contribution >= 0.6 is 0 Å². The molecule has 7 N–H and O–H groups in total. The molecule has 0 radical (unpaired) electrons. The van der Waals surface area contributed by atoms with Crippen molar-refractivity contribution in [2.75, 3.05) is 0 Å². The molecule has 31 heavy (non-hydrogen) atoms. The third-order valence-corrected chi connectivity index (χ3v) is 5.06. The van der Waals surface area contributed by atoms with Crippen molar-refractivity contribution in [2.45, 2.75) is 78.6 Å². The first-order valence-electron chi connectivity index (χ1n) is 10.3. The second-order valence-corrected chi connectivity index (χ2v) is 8.37. The van der Waals surface area contributed by atoms with Gasteiger partial charge in [-0.1, -0.05) is 48.0 Å². The standard InChI is InChI=1S/C20H36N4O7/c1-7-11(6)16(20(30)31)24-17(27)12(8-13(25)26)22-19(29)15(10(4)5)23-18(28)14(21)9(2)3/h9-12,14-16H,7-8,21H2,1-6H3,(H,22,29)(H,23,28)(H,24,27)(H,25,26)(H,30,31). The molecule has 5 atom stereocenters. The van der Waals surface area contributed by atoms with Crippen molar-refractivity contribution in [2.24, 2.45) is 23.5 Å². The summed E-state index contributed by atoms with van der Waals surface area (Å²) < 4.78 is 0. The molecule has 5 unspecified atom stereocenters. The van der Waals surface area contributed by atoms with Gasteiger partial charge < -0.3 is 31.9 Å². The molecular weight excluding hydrogens is 408 g/mol. The highest BCUT2D eigenvalue weighted by Gasteiger charge is 2.34. The second kappa shape index (κ2) is 12.9. The Morgan fingerprint density at radius 2 is 1.29 bits per heavy atom. The normalized spacial score (nSPS) is 16.0. The summed E-state index contributed by atoms with van der Waals surface area (Å²) in [5, 5.41) is 25.6. The Kier molecular flexibility index (Phi) is 11.8. The first-order chi connectivity index (χ1) is 14.2. The van der Waals surface area contributed by atoms with E-state index >= 15 is 0 Å². The predicted octanol–water partition coefficient (Wildman–Crippen LogP) is -0.314. The summed E-state index contributed by atoms with van der Waals surface area (Å²) in [6, 6.07) is -4.67. The lowest BCUT2D eigenvalue weighted by Gasteiger charge is -2.27. The van der Waals surface area contributed by atoms with Crippen molar-refractivity contribution in [1.29, 1.82) is 0 Å². The lowest BCUT2D eigenvalue weighted by atomic mass is 9.98. The summed E-state index contributed by atoms with van der Waals surface area (Å²) in [6.45, 7) is 10.2. The van der Waals surface area contributed by atoms with Gasteiger partial charge in [-0.25, -0.2) is 4.79 Å². The highest BCUT2D eigenvalue weighted by atomic mass is 16.4. The number of carboxylic acids is 2. The quantitative estimate of drug-likeness (QED) is 0.223. The van der Waals surface area contributed by atoms with Crippen molar-refractivity contribution < 1.29 is 34.2 Å². The summed E-state index contributed by atoms with van der Waals surface area (Å²) in [5.74, 6) is -5.85. The van der Waals surface area contributed by atoms with Gasteiger partial charge in [-0.15, -0.1) is 0 Å². The van der Waals surface area contributed by atoms with Crippen molar-refractivity contribution in [3.8, 4) is 0 Å². The number of hydrogen-bond acceptors (Lipinski definition) is 6. The first-order valence-corrected chi connectivity index (χ1v) is 10.3. The molecule has 11 nitrogen and oxygen atoms in total. The molecule has 0 aliphatic carbocycles. The van der Waals surface area contributed by atoms with Crippen LogP contribution in [-0.2, 0) is 24.0 Å². The third-order valence-electron chi connectivity index (χ3n) is 5.06. The molecule has 0 fully saturated rings. The number of hydrogen-bond donors (Lipinski definition) is 6. The summed E-state index contributed by atoms with van der Waals surface area (Å²) in [4.78, 5) is 60.3. The zero-order valence-electron chi connectivity index (χ0n) is 19.0. The van der Waals surface area contributed by atoms with Crippen LogP contribution in [0, 0.1) is 17.8 Å². The monoisotopic (exact) mass is 444 g/mol. The number of aliphatic carboxylic acids is 2. The molecule has 0 aliphatic rings. The van der Waals surface area contributed by atoms with Crippen molar-refractivity contribution >= 4 is 29.7 Å². The number of carboxylic acid groups (broad SMARTS) is 2. The Hall–Kier alpha value is -2.69. The minimum Gasteiger partial charge on any atom is -0.481 e. The van der Waals surface area contributed by atoms with Crippen LogP contribution in [0.4, 0.5) is 0 Å². The Morgan fingerprint density at radius 1 is 0.774 bits per heavy atom. The number of amides is 3. The smallest absolute Gasteiger partial charge is 0.326 e. The SMILES string of the molecule is CCC(C)C(NC(=O)C(CC(=O)O)NC(=O)C(NC(=O)C(N)C(C)C)C(C)C)C(=O)O. The number of carbonyl (C=O) groups is 5. The van der Waals surface area contributed by atoms with Crippen LogP contribution in [0.2, 0.25) is 0 Å². The topological polar surface area (TPSA) is 188 Å². The molecule has 0 aromatic carbocycles. The minimum absolute atomic E-state index is 0.171. The maximum absolute atomic E-state index is 12.8.